The summed E-state index contributed by atoms with van der Waals surface area (Å²) in [6.45, 7) is 6.04. The van der Waals surface area contributed by atoms with Gasteiger partial charge in [-0.3, -0.25) is 4.79 Å². The van der Waals surface area contributed by atoms with E-state index in [-0.39, 0.29) is 23.4 Å². The Kier molecular flexibility index (Phi) is 4.57. The highest BCUT2D eigenvalue weighted by Gasteiger charge is 2.20. The van der Waals surface area contributed by atoms with Crippen LogP contribution >= 0.6 is 0 Å². The van der Waals surface area contributed by atoms with E-state index in [0.29, 0.717) is 6.42 Å². The summed E-state index contributed by atoms with van der Waals surface area (Å²) in [4.78, 5) is 11.8. The first-order chi connectivity index (χ1) is 8.19. The Morgan fingerprint density at radius 2 is 1.94 bits per heavy atom. The Labute approximate surface area is 106 Å². The SMILES string of the molecule is CC(C)(C)CC(N)CC(=O)c1cc(F)ccc1F. The molecule has 18 heavy (non-hydrogen) atoms. The fourth-order valence-electron chi connectivity index (χ4n) is 1.92. The number of halogens is 2. The first-order valence-corrected chi connectivity index (χ1v) is 5.93. The van der Waals surface area contributed by atoms with Crippen LogP contribution in [0.2, 0.25) is 0 Å². The molecule has 0 aliphatic carbocycles. The number of carbonyl (C=O) groups is 1. The first kappa shape index (κ1) is 14.8. The van der Waals surface area contributed by atoms with E-state index in [2.05, 4.69) is 0 Å². The fraction of sp³-hybridized carbons (Fsp3) is 0.500. The molecule has 1 atom stereocenters. The van der Waals surface area contributed by atoms with E-state index in [9.17, 15) is 13.6 Å². The highest BCUT2D eigenvalue weighted by atomic mass is 19.1. The predicted molar refractivity (Wildman–Crippen MR) is 67.4 cm³/mol. The summed E-state index contributed by atoms with van der Waals surface area (Å²) in [6, 6.07) is 2.51. The molecule has 0 heterocycles. The molecule has 0 amide bonds. The van der Waals surface area contributed by atoms with E-state index in [1.54, 1.807) is 0 Å². The van der Waals surface area contributed by atoms with Crippen molar-refractivity contribution in [2.45, 2.75) is 39.7 Å². The second-order valence-corrected chi connectivity index (χ2v) is 5.78. The molecule has 0 saturated heterocycles. The maximum atomic E-state index is 13.4. The molecule has 0 aliphatic rings. The standard InChI is InChI=1S/C14H19F2NO/c1-14(2,3)8-10(17)7-13(18)11-6-9(15)4-5-12(11)16/h4-6,10H,7-8,17H2,1-3H3. The summed E-state index contributed by atoms with van der Waals surface area (Å²) in [5.74, 6) is -1.78. The zero-order chi connectivity index (χ0) is 13.9. The Bertz CT molecular complexity index is 438. The molecule has 1 rings (SSSR count). The lowest BCUT2D eigenvalue weighted by Gasteiger charge is -2.22. The molecule has 1 aromatic rings. The largest absolute Gasteiger partial charge is 0.327 e. The van der Waals surface area contributed by atoms with Gasteiger partial charge in [0, 0.05) is 12.5 Å². The minimum atomic E-state index is -0.704. The maximum Gasteiger partial charge on any atom is 0.167 e. The topological polar surface area (TPSA) is 43.1 Å². The lowest BCUT2D eigenvalue weighted by molar-refractivity contribution is 0.0964. The summed E-state index contributed by atoms with van der Waals surface area (Å²) in [5, 5.41) is 0. The molecule has 0 aliphatic heterocycles. The third-order valence-corrected chi connectivity index (χ3v) is 2.55. The molecular formula is C14H19F2NO. The van der Waals surface area contributed by atoms with Crippen LogP contribution in [0.15, 0.2) is 18.2 Å². The van der Waals surface area contributed by atoms with Crippen LogP contribution in [0.25, 0.3) is 0 Å². The van der Waals surface area contributed by atoms with Gasteiger partial charge in [0.2, 0.25) is 0 Å². The van der Waals surface area contributed by atoms with Crippen molar-refractivity contribution in [1.82, 2.24) is 0 Å². The number of ketones is 1. The van der Waals surface area contributed by atoms with E-state index >= 15 is 0 Å². The van der Waals surface area contributed by atoms with Crippen LogP contribution in [0.1, 0.15) is 44.0 Å². The molecule has 1 unspecified atom stereocenters. The fourth-order valence-corrected chi connectivity index (χ4v) is 1.92. The van der Waals surface area contributed by atoms with Crippen LogP contribution in [0.4, 0.5) is 8.78 Å². The van der Waals surface area contributed by atoms with E-state index in [0.717, 1.165) is 18.2 Å². The molecule has 0 radical (unpaired) electrons. The minimum absolute atomic E-state index is 0.000178. The lowest BCUT2D eigenvalue weighted by atomic mass is 9.86. The number of hydrogen-bond acceptors (Lipinski definition) is 2. The zero-order valence-electron chi connectivity index (χ0n) is 11.0. The monoisotopic (exact) mass is 255 g/mol. The van der Waals surface area contributed by atoms with E-state index in [4.69, 9.17) is 5.73 Å². The van der Waals surface area contributed by atoms with Gasteiger partial charge >= 0.3 is 0 Å². The van der Waals surface area contributed by atoms with E-state index in [1.807, 2.05) is 20.8 Å². The first-order valence-electron chi connectivity index (χ1n) is 5.93. The molecule has 0 bridgehead atoms. The summed E-state index contributed by atoms with van der Waals surface area (Å²) >= 11 is 0. The van der Waals surface area contributed by atoms with Crippen molar-refractivity contribution in [2.75, 3.05) is 0 Å². The number of rotatable bonds is 4. The van der Waals surface area contributed by atoms with Gasteiger partial charge in [-0.1, -0.05) is 20.8 Å². The average Bonchev–Trinajstić information content (AvgIpc) is 2.18. The van der Waals surface area contributed by atoms with Gasteiger partial charge in [0.25, 0.3) is 0 Å². The molecule has 0 saturated carbocycles. The molecule has 4 heteroatoms. The van der Waals surface area contributed by atoms with E-state index < -0.39 is 17.4 Å². The summed E-state index contributed by atoms with van der Waals surface area (Å²) in [6.07, 6.45) is 0.674. The summed E-state index contributed by atoms with van der Waals surface area (Å²) in [5.41, 5.74) is 5.63. The predicted octanol–water partition coefficient (Wildman–Crippen LogP) is 3.30. The van der Waals surface area contributed by atoms with Crippen molar-refractivity contribution in [3.63, 3.8) is 0 Å². The van der Waals surface area contributed by atoms with Crippen molar-refractivity contribution in [2.24, 2.45) is 11.1 Å². The van der Waals surface area contributed by atoms with Crippen LogP contribution in [-0.2, 0) is 0 Å². The lowest BCUT2D eigenvalue weighted by Crippen LogP contribution is -2.29. The van der Waals surface area contributed by atoms with Crippen molar-refractivity contribution in [3.8, 4) is 0 Å². The Balaban J connectivity index is 2.74. The van der Waals surface area contributed by atoms with E-state index in [1.165, 1.54) is 0 Å². The van der Waals surface area contributed by atoms with Gasteiger partial charge in [-0.25, -0.2) is 8.78 Å². The number of nitrogens with two attached hydrogens (primary N) is 1. The van der Waals surface area contributed by atoms with Crippen LogP contribution in [0.5, 0.6) is 0 Å². The number of Topliss-reactive ketones (excluding diaryl/α,β-unsaturated/α-hetero) is 1. The normalized spacial score (nSPS) is 13.4. The summed E-state index contributed by atoms with van der Waals surface area (Å²) < 4.78 is 26.3. The average molecular weight is 255 g/mol. The molecule has 0 fully saturated rings. The molecule has 2 nitrogen and oxygen atoms in total. The molecule has 0 aromatic heterocycles. The van der Waals surface area contributed by atoms with Crippen molar-refractivity contribution in [1.29, 1.82) is 0 Å². The van der Waals surface area contributed by atoms with Crippen molar-refractivity contribution >= 4 is 5.78 Å². The van der Waals surface area contributed by atoms with Crippen LogP contribution in [-0.4, -0.2) is 11.8 Å². The highest BCUT2D eigenvalue weighted by Crippen LogP contribution is 2.22. The van der Waals surface area contributed by atoms with Gasteiger partial charge in [0.1, 0.15) is 11.6 Å². The third kappa shape index (κ3) is 4.53. The Hall–Kier alpha value is -1.29. The molecule has 1 aromatic carbocycles. The molecule has 100 valence electrons. The second-order valence-electron chi connectivity index (χ2n) is 5.78. The zero-order valence-corrected chi connectivity index (χ0v) is 11.0. The molecule has 0 spiro atoms. The van der Waals surface area contributed by atoms with Crippen LogP contribution in [0.3, 0.4) is 0 Å². The van der Waals surface area contributed by atoms with Crippen LogP contribution < -0.4 is 5.73 Å². The van der Waals surface area contributed by atoms with Crippen molar-refractivity contribution < 1.29 is 13.6 Å². The molecular weight excluding hydrogens is 236 g/mol. The smallest absolute Gasteiger partial charge is 0.167 e. The highest BCUT2D eigenvalue weighted by molar-refractivity contribution is 5.96. The number of hydrogen-bond donors (Lipinski definition) is 1. The number of benzene rings is 1. The van der Waals surface area contributed by atoms with Gasteiger partial charge in [-0.05, 0) is 30.0 Å². The minimum Gasteiger partial charge on any atom is -0.327 e. The maximum absolute atomic E-state index is 13.4. The van der Waals surface area contributed by atoms with Gasteiger partial charge in [-0.15, -0.1) is 0 Å². The van der Waals surface area contributed by atoms with Gasteiger partial charge in [0.15, 0.2) is 5.78 Å². The van der Waals surface area contributed by atoms with Gasteiger partial charge < -0.3 is 5.73 Å². The third-order valence-electron chi connectivity index (χ3n) is 2.55. The second kappa shape index (κ2) is 5.57. The Morgan fingerprint density at radius 1 is 1.33 bits per heavy atom. The quantitative estimate of drug-likeness (QED) is 0.839. The molecule has 2 N–H and O–H groups in total. The summed E-state index contributed by atoms with van der Waals surface area (Å²) in [7, 11) is 0. The number of carbonyl (C=O) groups excluding carboxylic acids is 1. The van der Waals surface area contributed by atoms with Crippen molar-refractivity contribution in [3.05, 3.63) is 35.4 Å². The Morgan fingerprint density at radius 3 is 2.50 bits per heavy atom. The van der Waals surface area contributed by atoms with Crippen LogP contribution in [0, 0.1) is 17.0 Å². The van der Waals surface area contributed by atoms with Gasteiger partial charge in [-0.2, -0.15) is 0 Å². The van der Waals surface area contributed by atoms with Gasteiger partial charge in [0.05, 0.1) is 5.56 Å².